The van der Waals surface area contributed by atoms with Crippen molar-refractivity contribution in [2.24, 2.45) is 11.1 Å². The van der Waals surface area contributed by atoms with Gasteiger partial charge in [0.15, 0.2) is 0 Å². The summed E-state index contributed by atoms with van der Waals surface area (Å²) >= 11 is 1.68. The lowest BCUT2D eigenvalue weighted by atomic mass is 9.84. The Labute approximate surface area is 243 Å². The molecule has 1 fully saturated rings. The number of rotatable bonds is 14. The normalized spacial score (nSPS) is 23.9. The molecule has 1 aliphatic rings. The van der Waals surface area contributed by atoms with Gasteiger partial charge in [-0.3, -0.25) is 14.4 Å². The molecule has 4 N–H and O–H groups in total. The number of nitrogens with one attached hydrogen (secondary N) is 2. The van der Waals surface area contributed by atoms with E-state index in [4.69, 9.17) is 9.47 Å². The maximum atomic E-state index is 12.7. The molecule has 6 unspecified atom stereocenters. The first kappa shape index (κ1) is 32.6. The van der Waals surface area contributed by atoms with Gasteiger partial charge in [0.1, 0.15) is 0 Å². The molecule has 0 saturated carbocycles. The zero-order valence-electron chi connectivity index (χ0n) is 23.6. The van der Waals surface area contributed by atoms with E-state index < -0.39 is 54.3 Å². The third kappa shape index (κ3) is 8.79. The number of benzene rings is 2. The van der Waals surface area contributed by atoms with E-state index in [1.807, 2.05) is 49.4 Å². The number of aliphatic hydroxyl groups is 2. The summed E-state index contributed by atoms with van der Waals surface area (Å²) in [7, 11) is 0. The van der Waals surface area contributed by atoms with Gasteiger partial charge in [0, 0.05) is 31.0 Å². The maximum absolute atomic E-state index is 12.7. The molecule has 0 bridgehead atoms. The standard InChI is InChI=1S/C29H39N3O8S/c1-4-41-13-7-12-39-29(28(37)32-38)16-23(34)26(31-19(3)33)27(40-29)18(2)24(35)17-30-25(36)15-20-10-11-21-8-5-6-9-22(21)14-20/h5-6,8-11,14,18,23-24,26-27,34-35H,4,7,12-13,15-17H2,1-3H3,(H,30,36)(H,31,33). The molecule has 224 valence electrons. The highest BCUT2D eigenvalue weighted by Gasteiger charge is 2.55. The lowest BCUT2D eigenvalue weighted by molar-refractivity contribution is -0.295. The first-order valence-corrected chi connectivity index (χ1v) is 14.9. The molecule has 41 heavy (non-hydrogen) atoms. The summed E-state index contributed by atoms with van der Waals surface area (Å²) in [5, 5.41) is 31.9. The van der Waals surface area contributed by atoms with Crippen molar-refractivity contribution in [2.75, 3.05) is 24.7 Å². The minimum absolute atomic E-state index is 0.0697. The van der Waals surface area contributed by atoms with Crippen LogP contribution in [-0.2, 0) is 30.3 Å². The van der Waals surface area contributed by atoms with Gasteiger partial charge in [-0.05, 0) is 34.3 Å². The van der Waals surface area contributed by atoms with Crippen molar-refractivity contribution in [1.82, 2.24) is 10.6 Å². The summed E-state index contributed by atoms with van der Waals surface area (Å²) in [6, 6.07) is 12.5. The van der Waals surface area contributed by atoms with Crippen LogP contribution >= 0.6 is 11.8 Å². The SMILES string of the molecule is CCSCCCOC1(C(=O)N=O)CC(O)C(NC(C)=O)C(C(C)C(O)CNC(=O)Cc2ccc3ccccc3c2)O1. The number of nitroso groups, excluding NO2 is 1. The molecular weight excluding hydrogens is 550 g/mol. The van der Waals surface area contributed by atoms with Crippen LogP contribution in [0.2, 0.25) is 0 Å². The Bertz CT molecular complexity index is 1210. The zero-order chi connectivity index (χ0) is 30.0. The summed E-state index contributed by atoms with van der Waals surface area (Å²) in [5.41, 5.74) is 0.812. The van der Waals surface area contributed by atoms with Crippen molar-refractivity contribution in [3.63, 3.8) is 0 Å². The van der Waals surface area contributed by atoms with Gasteiger partial charge in [-0.25, -0.2) is 0 Å². The molecule has 2 aromatic carbocycles. The molecule has 0 aliphatic carbocycles. The van der Waals surface area contributed by atoms with Gasteiger partial charge in [0.25, 0.3) is 5.79 Å². The molecule has 1 heterocycles. The van der Waals surface area contributed by atoms with Crippen LogP contribution in [0, 0.1) is 10.8 Å². The average molecular weight is 590 g/mol. The highest BCUT2D eigenvalue weighted by molar-refractivity contribution is 7.99. The molecule has 1 aliphatic heterocycles. The summed E-state index contributed by atoms with van der Waals surface area (Å²) < 4.78 is 11.8. The number of fused-ring (bicyclic) bond motifs is 1. The van der Waals surface area contributed by atoms with Crippen molar-refractivity contribution >= 4 is 40.3 Å². The van der Waals surface area contributed by atoms with E-state index in [9.17, 15) is 29.5 Å². The number of nitrogens with zero attached hydrogens (tertiary/aromatic N) is 1. The van der Waals surface area contributed by atoms with Crippen molar-refractivity contribution in [2.45, 2.75) is 70.2 Å². The van der Waals surface area contributed by atoms with E-state index >= 15 is 0 Å². The molecule has 11 nitrogen and oxygen atoms in total. The maximum Gasteiger partial charge on any atom is 0.345 e. The minimum atomic E-state index is -2.16. The Morgan fingerprint density at radius 1 is 1.22 bits per heavy atom. The molecule has 1 saturated heterocycles. The van der Waals surface area contributed by atoms with Crippen LogP contribution in [0.3, 0.4) is 0 Å². The quantitative estimate of drug-likeness (QED) is 0.191. The highest BCUT2D eigenvalue weighted by atomic mass is 32.2. The number of hydrogen-bond acceptors (Lipinski definition) is 9. The first-order valence-electron chi connectivity index (χ1n) is 13.7. The van der Waals surface area contributed by atoms with E-state index in [0.717, 1.165) is 27.8 Å². The smallest absolute Gasteiger partial charge is 0.345 e. The largest absolute Gasteiger partial charge is 0.391 e. The first-order chi connectivity index (χ1) is 19.6. The van der Waals surface area contributed by atoms with Crippen LogP contribution < -0.4 is 10.6 Å². The van der Waals surface area contributed by atoms with Gasteiger partial charge >= 0.3 is 5.91 Å². The van der Waals surface area contributed by atoms with Gasteiger partial charge in [0.05, 0.1) is 37.4 Å². The monoisotopic (exact) mass is 589 g/mol. The van der Waals surface area contributed by atoms with Crippen LogP contribution in [0.15, 0.2) is 47.6 Å². The Balaban J connectivity index is 1.70. The minimum Gasteiger partial charge on any atom is -0.391 e. The second-order valence-electron chi connectivity index (χ2n) is 10.2. The number of carbonyl (C=O) groups is 3. The molecule has 3 amide bonds. The predicted molar refractivity (Wildman–Crippen MR) is 156 cm³/mol. The van der Waals surface area contributed by atoms with E-state index in [0.29, 0.717) is 6.42 Å². The van der Waals surface area contributed by atoms with Crippen molar-refractivity contribution in [3.05, 3.63) is 52.9 Å². The van der Waals surface area contributed by atoms with Crippen LogP contribution in [0.5, 0.6) is 0 Å². The lowest BCUT2D eigenvalue weighted by Gasteiger charge is -2.47. The third-order valence-corrected chi connectivity index (χ3v) is 8.12. The summed E-state index contributed by atoms with van der Waals surface area (Å²) in [4.78, 5) is 48.5. The number of aliphatic hydroxyl groups excluding tert-OH is 2. The molecule has 0 spiro atoms. The molecule has 0 aromatic heterocycles. The van der Waals surface area contributed by atoms with Crippen LogP contribution in [-0.4, -0.2) is 82.7 Å². The summed E-state index contributed by atoms with van der Waals surface area (Å²) in [5.74, 6) is -3.33. The molecule has 6 atom stereocenters. The Morgan fingerprint density at radius 3 is 2.63 bits per heavy atom. The third-order valence-electron chi connectivity index (χ3n) is 7.14. The molecular formula is C29H39N3O8S. The van der Waals surface area contributed by atoms with Gasteiger partial charge in [0.2, 0.25) is 11.8 Å². The second-order valence-corrected chi connectivity index (χ2v) is 11.6. The van der Waals surface area contributed by atoms with Crippen LogP contribution in [0.4, 0.5) is 0 Å². The number of thioether (sulfide) groups is 1. The Hall–Kier alpha value is -2.90. The average Bonchev–Trinajstić information content (AvgIpc) is 2.95. The zero-order valence-corrected chi connectivity index (χ0v) is 24.4. The summed E-state index contributed by atoms with van der Waals surface area (Å²) in [6.07, 6.45) is -3.44. The fourth-order valence-electron chi connectivity index (χ4n) is 4.93. The van der Waals surface area contributed by atoms with Gasteiger partial charge in [-0.2, -0.15) is 11.8 Å². The van der Waals surface area contributed by atoms with Crippen molar-refractivity contribution in [1.29, 1.82) is 0 Å². The van der Waals surface area contributed by atoms with Crippen molar-refractivity contribution in [3.8, 4) is 0 Å². The fraction of sp³-hybridized carbons (Fsp3) is 0.552. The van der Waals surface area contributed by atoms with E-state index in [2.05, 4.69) is 15.8 Å². The van der Waals surface area contributed by atoms with Crippen LogP contribution in [0.1, 0.15) is 39.2 Å². The molecule has 2 aromatic rings. The van der Waals surface area contributed by atoms with Gasteiger partial charge in [-0.1, -0.05) is 56.3 Å². The lowest BCUT2D eigenvalue weighted by Crippen LogP contribution is -2.66. The van der Waals surface area contributed by atoms with E-state index in [1.54, 1.807) is 18.7 Å². The molecule has 0 radical (unpaired) electrons. The number of amides is 3. The predicted octanol–water partition coefficient (Wildman–Crippen LogP) is 2.30. The summed E-state index contributed by atoms with van der Waals surface area (Å²) in [6.45, 7) is 4.79. The molecule has 12 heteroatoms. The van der Waals surface area contributed by atoms with Crippen LogP contribution in [0.25, 0.3) is 10.8 Å². The van der Waals surface area contributed by atoms with Gasteiger partial charge in [-0.15, -0.1) is 4.91 Å². The highest BCUT2D eigenvalue weighted by Crippen LogP contribution is 2.36. The second kappa shape index (κ2) is 15.4. The number of ether oxygens (including phenoxy) is 2. The van der Waals surface area contributed by atoms with Gasteiger partial charge < -0.3 is 30.3 Å². The fourth-order valence-corrected chi connectivity index (χ4v) is 5.54. The topological polar surface area (TPSA) is 164 Å². The number of hydrogen-bond donors (Lipinski definition) is 4. The van der Waals surface area contributed by atoms with E-state index in [1.165, 1.54) is 6.92 Å². The van der Waals surface area contributed by atoms with E-state index in [-0.39, 0.29) is 25.5 Å². The molecule has 3 rings (SSSR count). The Morgan fingerprint density at radius 2 is 1.95 bits per heavy atom. The number of carbonyl (C=O) groups excluding carboxylic acids is 3. The Kier molecular flexibility index (Phi) is 12.2. The van der Waals surface area contributed by atoms with Crippen molar-refractivity contribution < 1.29 is 34.1 Å².